The molecule has 4 aromatic rings. The number of aryl methyl sites for hydroxylation is 1. The number of ether oxygens (including phenoxy) is 1. The first-order chi connectivity index (χ1) is 15.5. The SMILES string of the molecule is Cc1cc(=O)c(C(=O)NCCCOc2cccc3cccnc23)nn1-c1ccccc1F. The van der Waals surface area contributed by atoms with Gasteiger partial charge in [0.15, 0.2) is 5.69 Å². The van der Waals surface area contributed by atoms with Crippen LogP contribution in [0.4, 0.5) is 4.39 Å². The highest BCUT2D eigenvalue weighted by atomic mass is 19.1. The van der Waals surface area contributed by atoms with Gasteiger partial charge in [0.25, 0.3) is 5.91 Å². The van der Waals surface area contributed by atoms with Gasteiger partial charge in [0.2, 0.25) is 5.43 Å². The number of amides is 1. The zero-order chi connectivity index (χ0) is 22.5. The zero-order valence-corrected chi connectivity index (χ0v) is 17.4. The molecule has 0 saturated heterocycles. The molecule has 1 amide bonds. The Hall–Kier alpha value is -4.07. The minimum absolute atomic E-state index is 0.163. The lowest BCUT2D eigenvalue weighted by molar-refractivity contribution is 0.0943. The molecule has 2 aromatic carbocycles. The number of para-hydroxylation sites is 2. The molecule has 162 valence electrons. The average molecular weight is 432 g/mol. The molecule has 0 bridgehead atoms. The van der Waals surface area contributed by atoms with Crippen LogP contribution in [0.5, 0.6) is 5.75 Å². The van der Waals surface area contributed by atoms with E-state index in [-0.39, 0.29) is 17.9 Å². The highest BCUT2D eigenvalue weighted by Gasteiger charge is 2.16. The van der Waals surface area contributed by atoms with E-state index in [1.165, 1.54) is 22.9 Å². The summed E-state index contributed by atoms with van der Waals surface area (Å²) in [6.07, 6.45) is 2.22. The van der Waals surface area contributed by atoms with Crippen LogP contribution < -0.4 is 15.5 Å². The summed E-state index contributed by atoms with van der Waals surface area (Å²) in [7, 11) is 0. The number of halogens is 1. The molecular weight excluding hydrogens is 411 g/mol. The van der Waals surface area contributed by atoms with E-state index in [2.05, 4.69) is 15.4 Å². The first-order valence-electron chi connectivity index (χ1n) is 10.2. The molecule has 1 N–H and O–H groups in total. The number of hydrogen-bond donors (Lipinski definition) is 1. The summed E-state index contributed by atoms with van der Waals surface area (Å²) in [6.45, 7) is 2.27. The number of nitrogens with one attached hydrogen (secondary N) is 1. The minimum Gasteiger partial charge on any atom is -0.491 e. The van der Waals surface area contributed by atoms with Crippen molar-refractivity contribution in [2.45, 2.75) is 13.3 Å². The third kappa shape index (κ3) is 4.49. The van der Waals surface area contributed by atoms with Gasteiger partial charge in [-0.05, 0) is 37.6 Å². The number of aromatic nitrogens is 3. The van der Waals surface area contributed by atoms with Crippen LogP contribution in [0.15, 0.2) is 71.7 Å². The maximum Gasteiger partial charge on any atom is 0.275 e. The minimum atomic E-state index is -0.619. The molecule has 0 aliphatic carbocycles. The van der Waals surface area contributed by atoms with Crippen LogP contribution in [0.1, 0.15) is 22.6 Å². The summed E-state index contributed by atoms with van der Waals surface area (Å²) in [5.41, 5.74) is 0.546. The molecule has 7 nitrogen and oxygen atoms in total. The van der Waals surface area contributed by atoms with E-state index in [0.29, 0.717) is 24.5 Å². The van der Waals surface area contributed by atoms with Crippen molar-refractivity contribution in [3.05, 3.63) is 94.3 Å². The summed E-state index contributed by atoms with van der Waals surface area (Å²) in [4.78, 5) is 29.1. The monoisotopic (exact) mass is 432 g/mol. The van der Waals surface area contributed by atoms with E-state index in [0.717, 1.165) is 10.9 Å². The molecule has 2 aromatic heterocycles. The summed E-state index contributed by atoms with van der Waals surface area (Å²) in [5, 5.41) is 7.75. The van der Waals surface area contributed by atoms with Crippen molar-refractivity contribution in [1.29, 1.82) is 0 Å². The number of pyridine rings is 1. The largest absolute Gasteiger partial charge is 0.491 e. The van der Waals surface area contributed by atoms with Crippen LogP contribution in [-0.4, -0.2) is 33.8 Å². The van der Waals surface area contributed by atoms with E-state index in [4.69, 9.17) is 4.74 Å². The predicted octanol–water partition coefficient (Wildman–Crippen LogP) is 3.43. The number of benzene rings is 2. The van der Waals surface area contributed by atoms with Gasteiger partial charge >= 0.3 is 0 Å². The summed E-state index contributed by atoms with van der Waals surface area (Å²) in [6, 6.07) is 16.8. The second-order valence-corrected chi connectivity index (χ2v) is 7.15. The molecule has 0 atom stereocenters. The molecule has 0 spiro atoms. The molecule has 0 aliphatic rings. The Morgan fingerprint density at radius 1 is 1.12 bits per heavy atom. The van der Waals surface area contributed by atoms with Crippen molar-refractivity contribution in [3.63, 3.8) is 0 Å². The topological polar surface area (TPSA) is 86.1 Å². The Kier molecular flexibility index (Phi) is 6.21. The fourth-order valence-corrected chi connectivity index (χ4v) is 3.30. The van der Waals surface area contributed by atoms with Crippen LogP contribution in [0.3, 0.4) is 0 Å². The summed E-state index contributed by atoms with van der Waals surface area (Å²) in [5.74, 6) is -0.451. The Balaban J connectivity index is 1.39. The van der Waals surface area contributed by atoms with Gasteiger partial charge in [-0.3, -0.25) is 14.6 Å². The van der Waals surface area contributed by atoms with Crippen LogP contribution >= 0.6 is 0 Å². The van der Waals surface area contributed by atoms with Gasteiger partial charge in [-0.1, -0.05) is 30.3 Å². The van der Waals surface area contributed by atoms with E-state index < -0.39 is 17.2 Å². The molecule has 8 heteroatoms. The smallest absolute Gasteiger partial charge is 0.275 e. The van der Waals surface area contributed by atoms with Gasteiger partial charge in [-0.25, -0.2) is 9.07 Å². The van der Waals surface area contributed by atoms with Gasteiger partial charge in [0.1, 0.15) is 22.8 Å². The van der Waals surface area contributed by atoms with Crippen molar-refractivity contribution in [3.8, 4) is 11.4 Å². The second kappa shape index (κ2) is 9.38. The molecule has 0 saturated carbocycles. The van der Waals surface area contributed by atoms with Gasteiger partial charge in [0, 0.05) is 29.9 Å². The molecular formula is C24H21FN4O3. The Bertz CT molecular complexity index is 1330. The van der Waals surface area contributed by atoms with Gasteiger partial charge in [-0.15, -0.1) is 0 Å². The number of fused-ring (bicyclic) bond motifs is 1. The molecule has 0 fully saturated rings. The van der Waals surface area contributed by atoms with Crippen LogP contribution in [0.25, 0.3) is 16.6 Å². The Morgan fingerprint density at radius 2 is 1.94 bits per heavy atom. The maximum absolute atomic E-state index is 14.2. The van der Waals surface area contributed by atoms with Crippen molar-refractivity contribution in [2.75, 3.05) is 13.2 Å². The Morgan fingerprint density at radius 3 is 2.78 bits per heavy atom. The molecule has 0 aliphatic heterocycles. The quantitative estimate of drug-likeness (QED) is 0.452. The van der Waals surface area contributed by atoms with Crippen molar-refractivity contribution >= 4 is 16.8 Å². The number of carbonyl (C=O) groups is 1. The molecule has 0 unspecified atom stereocenters. The fraction of sp³-hybridized carbons (Fsp3) is 0.167. The van der Waals surface area contributed by atoms with E-state index in [9.17, 15) is 14.0 Å². The normalized spacial score (nSPS) is 10.8. The predicted molar refractivity (Wildman–Crippen MR) is 119 cm³/mol. The number of hydrogen-bond acceptors (Lipinski definition) is 5. The van der Waals surface area contributed by atoms with Crippen molar-refractivity contribution in [2.24, 2.45) is 0 Å². The van der Waals surface area contributed by atoms with E-state index >= 15 is 0 Å². The average Bonchev–Trinajstić information content (AvgIpc) is 2.79. The van der Waals surface area contributed by atoms with Crippen LogP contribution in [0, 0.1) is 12.7 Å². The van der Waals surface area contributed by atoms with Crippen LogP contribution in [0.2, 0.25) is 0 Å². The van der Waals surface area contributed by atoms with Crippen molar-refractivity contribution < 1.29 is 13.9 Å². The molecule has 32 heavy (non-hydrogen) atoms. The van der Waals surface area contributed by atoms with Gasteiger partial charge in [-0.2, -0.15) is 5.10 Å². The lowest BCUT2D eigenvalue weighted by atomic mass is 10.2. The first-order valence-corrected chi connectivity index (χ1v) is 10.2. The molecule has 0 radical (unpaired) electrons. The second-order valence-electron chi connectivity index (χ2n) is 7.15. The standard InChI is InChI=1S/C24H21FN4O3/c1-16-15-20(30)23(28-29(16)19-10-3-2-9-18(19)25)24(31)27-13-6-14-32-21-11-4-7-17-8-5-12-26-22(17)21/h2-5,7-12,15H,6,13-14H2,1H3,(H,27,31). The van der Waals surface area contributed by atoms with Crippen LogP contribution in [-0.2, 0) is 0 Å². The summed E-state index contributed by atoms with van der Waals surface area (Å²) < 4.78 is 21.2. The zero-order valence-electron chi connectivity index (χ0n) is 17.4. The summed E-state index contributed by atoms with van der Waals surface area (Å²) >= 11 is 0. The highest BCUT2D eigenvalue weighted by Crippen LogP contribution is 2.22. The van der Waals surface area contributed by atoms with E-state index in [1.807, 2.05) is 30.3 Å². The third-order valence-electron chi connectivity index (χ3n) is 4.86. The van der Waals surface area contributed by atoms with Gasteiger partial charge in [0.05, 0.1) is 6.61 Å². The fourth-order valence-electron chi connectivity index (χ4n) is 3.30. The third-order valence-corrected chi connectivity index (χ3v) is 4.86. The number of carbonyl (C=O) groups excluding carboxylic acids is 1. The first kappa shape index (κ1) is 21.2. The number of rotatable bonds is 7. The highest BCUT2D eigenvalue weighted by molar-refractivity contribution is 5.92. The number of nitrogens with zero attached hydrogens (tertiary/aromatic N) is 3. The molecule has 4 rings (SSSR count). The van der Waals surface area contributed by atoms with Crippen molar-refractivity contribution in [1.82, 2.24) is 20.1 Å². The lowest BCUT2D eigenvalue weighted by Gasteiger charge is -2.12. The van der Waals surface area contributed by atoms with Gasteiger partial charge < -0.3 is 10.1 Å². The molecule has 2 heterocycles. The van der Waals surface area contributed by atoms with E-state index in [1.54, 1.807) is 25.3 Å². The lowest BCUT2D eigenvalue weighted by Crippen LogP contribution is -2.33. The Labute approximate surface area is 183 Å². The maximum atomic E-state index is 14.2.